The number of methoxy groups -OCH3 is 4. The summed E-state index contributed by atoms with van der Waals surface area (Å²) in [5.74, 6) is 1.68. The minimum Gasteiger partial charge on any atom is -0.493 e. The third kappa shape index (κ3) is 4.82. The summed E-state index contributed by atoms with van der Waals surface area (Å²) in [4.78, 5) is 41.3. The van der Waals surface area contributed by atoms with Crippen LogP contribution in [0.5, 0.6) is 23.0 Å². The van der Waals surface area contributed by atoms with Gasteiger partial charge in [0.1, 0.15) is 6.04 Å². The number of benzene rings is 2. The van der Waals surface area contributed by atoms with Crippen molar-refractivity contribution in [3.05, 3.63) is 47.0 Å². The van der Waals surface area contributed by atoms with E-state index in [4.69, 9.17) is 18.9 Å². The summed E-state index contributed by atoms with van der Waals surface area (Å²) in [6.07, 6.45) is 0.563. The summed E-state index contributed by atoms with van der Waals surface area (Å²) in [5.41, 5.74) is 2.77. The van der Waals surface area contributed by atoms with Crippen LogP contribution in [0.1, 0.15) is 23.1 Å². The molecular weight excluding hydrogens is 454 g/mol. The molecule has 0 saturated carbocycles. The minimum atomic E-state index is -0.901. The number of carbonyl (C=O) groups is 3. The highest BCUT2D eigenvalue weighted by Crippen LogP contribution is 2.33. The van der Waals surface area contributed by atoms with Crippen LogP contribution in [0.3, 0.4) is 0 Å². The summed E-state index contributed by atoms with van der Waals surface area (Å²) in [5, 5.41) is 2.65. The second-order valence-corrected chi connectivity index (χ2v) is 8.36. The highest BCUT2D eigenvalue weighted by atomic mass is 16.5. The summed E-state index contributed by atoms with van der Waals surface area (Å²) in [6.45, 7) is 0.985. The van der Waals surface area contributed by atoms with E-state index in [1.165, 1.54) is 14.2 Å². The molecule has 4 rings (SSSR count). The second-order valence-electron chi connectivity index (χ2n) is 8.36. The van der Waals surface area contributed by atoms with Gasteiger partial charge in [-0.25, -0.2) is 4.79 Å². The third-order valence-electron chi connectivity index (χ3n) is 6.35. The van der Waals surface area contributed by atoms with Crippen molar-refractivity contribution in [3.63, 3.8) is 0 Å². The first kappa shape index (κ1) is 24.2. The lowest BCUT2D eigenvalue weighted by Gasteiger charge is -2.30. The van der Waals surface area contributed by atoms with Crippen molar-refractivity contribution < 1.29 is 33.3 Å². The van der Waals surface area contributed by atoms with Crippen molar-refractivity contribution in [2.24, 2.45) is 0 Å². The first-order valence-electron chi connectivity index (χ1n) is 11.2. The molecule has 0 spiro atoms. The predicted molar refractivity (Wildman–Crippen MR) is 126 cm³/mol. The molecule has 1 N–H and O–H groups in total. The van der Waals surface area contributed by atoms with Gasteiger partial charge in [0, 0.05) is 13.1 Å². The Morgan fingerprint density at radius 2 is 1.54 bits per heavy atom. The SMILES string of the molecule is COc1ccc(CN2C(=O)N[C@@H](CC(=O)N3CCc4cc(OC)c(OC)cc4C3)C2=O)cc1OC. The molecule has 2 heterocycles. The molecule has 0 aliphatic carbocycles. The van der Waals surface area contributed by atoms with Crippen LogP contribution in [0, 0.1) is 0 Å². The molecule has 0 unspecified atom stereocenters. The Labute approximate surface area is 203 Å². The summed E-state index contributed by atoms with van der Waals surface area (Å²) in [6, 6.07) is 7.57. The van der Waals surface area contributed by atoms with E-state index in [0.29, 0.717) is 48.1 Å². The molecule has 10 nitrogen and oxygen atoms in total. The molecule has 2 aromatic rings. The highest BCUT2D eigenvalue weighted by Gasteiger charge is 2.40. The van der Waals surface area contributed by atoms with E-state index >= 15 is 0 Å². The maximum Gasteiger partial charge on any atom is 0.325 e. The predicted octanol–water partition coefficient (Wildman–Crippen LogP) is 2.12. The van der Waals surface area contributed by atoms with E-state index in [-0.39, 0.29) is 18.9 Å². The Morgan fingerprint density at radius 3 is 2.20 bits per heavy atom. The molecule has 1 saturated heterocycles. The van der Waals surface area contributed by atoms with Crippen molar-refractivity contribution >= 4 is 17.8 Å². The molecule has 0 bridgehead atoms. The fraction of sp³-hybridized carbons (Fsp3) is 0.400. The Bertz CT molecular complexity index is 1150. The van der Waals surface area contributed by atoms with Crippen LogP contribution in [0.25, 0.3) is 0 Å². The van der Waals surface area contributed by atoms with Gasteiger partial charge in [0.15, 0.2) is 23.0 Å². The number of urea groups is 1. The number of nitrogens with one attached hydrogen (secondary N) is 1. The van der Waals surface area contributed by atoms with Crippen LogP contribution in [0.4, 0.5) is 4.79 Å². The van der Waals surface area contributed by atoms with Gasteiger partial charge in [0.2, 0.25) is 5.91 Å². The van der Waals surface area contributed by atoms with Gasteiger partial charge < -0.3 is 29.2 Å². The fourth-order valence-corrected chi connectivity index (χ4v) is 4.43. The van der Waals surface area contributed by atoms with E-state index in [2.05, 4.69) is 5.32 Å². The average Bonchev–Trinajstić information content (AvgIpc) is 3.14. The summed E-state index contributed by atoms with van der Waals surface area (Å²) >= 11 is 0. The van der Waals surface area contributed by atoms with Crippen molar-refractivity contribution in [2.75, 3.05) is 35.0 Å². The number of amides is 4. The zero-order valence-corrected chi connectivity index (χ0v) is 20.3. The Morgan fingerprint density at radius 1 is 0.914 bits per heavy atom. The molecule has 35 heavy (non-hydrogen) atoms. The van der Waals surface area contributed by atoms with Crippen LogP contribution < -0.4 is 24.3 Å². The van der Waals surface area contributed by atoms with Crippen molar-refractivity contribution in [1.29, 1.82) is 0 Å². The zero-order chi connectivity index (χ0) is 25.1. The molecule has 2 aliphatic heterocycles. The van der Waals surface area contributed by atoms with E-state index < -0.39 is 18.0 Å². The van der Waals surface area contributed by atoms with Crippen LogP contribution in [0.2, 0.25) is 0 Å². The molecule has 186 valence electrons. The number of rotatable bonds is 8. The minimum absolute atomic E-state index is 0.0639. The van der Waals surface area contributed by atoms with Crippen molar-refractivity contribution in [2.45, 2.75) is 32.0 Å². The normalized spacial score (nSPS) is 17.1. The molecule has 0 aromatic heterocycles. The standard InChI is InChI=1S/C25H29N3O7/c1-32-19-6-5-15(9-20(19)33-2)13-28-24(30)18(26-25(28)31)12-23(29)27-8-7-16-10-21(34-3)22(35-4)11-17(16)14-27/h5-6,9-11,18H,7-8,12-14H2,1-4H3,(H,26,31)/t18-/m0/s1. The Kier molecular flexibility index (Phi) is 6.99. The van der Waals surface area contributed by atoms with Gasteiger partial charge in [0.05, 0.1) is 41.4 Å². The molecule has 1 fully saturated rings. The van der Waals surface area contributed by atoms with Crippen molar-refractivity contribution in [1.82, 2.24) is 15.1 Å². The van der Waals surface area contributed by atoms with Crippen molar-refractivity contribution in [3.8, 4) is 23.0 Å². The van der Waals surface area contributed by atoms with E-state index in [9.17, 15) is 14.4 Å². The van der Waals surface area contributed by atoms with Crippen LogP contribution in [0.15, 0.2) is 30.3 Å². The zero-order valence-electron chi connectivity index (χ0n) is 20.3. The van der Waals surface area contributed by atoms with Gasteiger partial charge >= 0.3 is 6.03 Å². The first-order valence-corrected chi connectivity index (χ1v) is 11.2. The van der Waals surface area contributed by atoms with Gasteiger partial charge in [-0.05, 0) is 47.4 Å². The van der Waals surface area contributed by atoms with Gasteiger partial charge in [-0.15, -0.1) is 0 Å². The molecule has 2 aromatic carbocycles. The third-order valence-corrected chi connectivity index (χ3v) is 6.35. The lowest BCUT2D eigenvalue weighted by atomic mass is 9.98. The second kappa shape index (κ2) is 10.1. The maximum atomic E-state index is 13.0. The number of fused-ring (bicyclic) bond motifs is 1. The number of imide groups is 1. The molecular formula is C25H29N3O7. The first-order chi connectivity index (χ1) is 16.9. The molecule has 0 radical (unpaired) electrons. The van der Waals surface area contributed by atoms with Crippen LogP contribution in [-0.2, 0) is 29.1 Å². The lowest BCUT2D eigenvalue weighted by molar-refractivity contribution is -0.136. The number of hydrogen-bond donors (Lipinski definition) is 1. The lowest BCUT2D eigenvalue weighted by Crippen LogP contribution is -2.41. The topological polar surface area (TPSA) is 107 Å². The average molecular weight is 484 g/mol. The smallest absolute Gasteiger partial charge is 0.325 e. The number of ether oxygens (including phenoxy) is 4. The van der Waals surface area contributed by atoms with E-state index in [0.717, 1.165) is 16.0 Å². The molecule has 1 atom stereocenters. The monoisotopic (exact) mass is 483 g/mol. The summed E-state index contributed by atoms with van der Waals surface area (Å²) in [7, 11) is 6.20. The van der Waals surface area contributed by atoms with Gasteiger partial charge in [0.25, 0.3) is 5.91 Å². The number of hydrogen-bond acceptors (Lipinski definition) is 7. The van der Waals surface area contributed by atoms with Crippen LogP contribution >= 0.6 is 0 Å². The fourth-order valence-electron chi connectivity index (χ4n) is 4.43. The Hall–Kier alpha value is -3.95. The van der Waals surface area contributed by atoms with Gasteiger partial charge in [-0.3, -0.25) is 14.5 Å². The van der Waals surface area contributed by atoms with Gasteiger partial charge in [-0.2, -0.15) is 0 Å². The van der Waals surface area contributed by atoms with E-state index in [1.54, 1.807) is 37.3 Å². The van der Waals surface area contributed by atoms with Gasteiger partial charge in [-0.1, -0.05) is 6.07 Å². The molecule has 4 amide bonds. The number of nitrogens with zero attached hydrogens (tertiary/aromatic N) is 2. The highest BCUT2D eigenvalue weighted by molar-refractivity contribution is 6.05. The van der Waals surface area contributed by atoms with Crippen LogP contribution in [-0.4, -0.2) is 68.7 Å². The largest absolute Gasteiger partial charge is 0.493 e. The Balaban J connectivity index is 1.41. The summed E-state index contributed by atoms with van der Waals surface area (Å²) < 4.78 is 21.3. The molecule has 2 aliphatic rings. The quantitative estimate of drug-likeness (QED) is 0.573. The van der Waals surface area contributed by atoms with E-state index in [1.807, 2.05) is 12.1 Å². The number of carbonyl (C=O) groups excluding carboxylic acids is 3. The maximum absolute atomic E-state index is 13.0. The molecule has 10 heteroatoms.